The van der Waals surface area contributed by atoms with E-state index in [9.17, 15) is 4.79 Å². The van der Waals surface area contributed by atoms with Crippen LogP contribution >= 0.6 is 11.8 Å². The zero-order valence-electron chi connectivity index (χ0n) is 16.3. The Balaban J connectivity index is 1.16. The van der Waals surface area contributed by atoms with Gasteiger partial charge >= 0.3 is 0 Å². The minimum absolute atomic E-state index is 0.0199. The molecule has 2 aromatic rings. The molecule has 5 rings (SSSR count). The van der Waals surface area contributed by atoms with Gasteiger partial charge in [-0.1, -0.05) is 18.2 Å². The number of carbonyl (C=O) groups is 1. The van der Waals surface area contributed by atoms with E-state index in [2.05, 4.69) is 0 Å². The Labute approximate surface area is 169 Å². The summed E-state index contributed by atoms with van der Waals surface area (Å²) >= 11 is 1.98. The third-order valence-electron chi connectivity index (χ3n) is 6.37. The number of likely N-dealkylation sites (tertiary alicyclic amines) is 1. The van der Waals surface area contributed by atoms with Gasteiger partial charge in [-0.2, -0.15) is 0 Å². The van der Waals surface area contributed by atoms with Gasteiger partial charge in [-0.05, 0) is 38.2 Å². The number of hydrogen-bond acceptors (Lipinski definition) is 5. The Kier molecular flexibility index (Phi) is 4.89. The van der Waals surface area contributed by atoms with Gasteiger partial charge in [0.25, 0.3) is 5.91 Å². The summed E-state index contributed by atoms with van der Waals surface area (Å²) in [5.74, 6) is 2.19. The molecule has 3 aliphatic heterocycles. The molecule has 3 fully saturated rings. The van der Waals surface area contributed by atoms with Gasteiger partial charge in [0.05, 0.1) is 10.9 Å². The molecule has 3 saturated heterocycles. The lowest BCUT2D eigenvalue weighted by molar-refractivity contribution is -0.0120. The molecule has 6 heteroatoms. The van der Waals surface area contributed by atoms with E-state index >= 15 is 0 Å². The van der Waals surface area contributed by atoms with Crippen LogP contribution in [0.4, 0.5) is 0 Å². The Bertz CT molecular complexity index is 867. The van der Waals surface area contributed by atoms with Gasteiger partial charge in [-0.25, -0.2) is 0 Å². The van der Waals surface area contributed by atoms with E-state index in [1.54, 1.807) is 0 Å². The van der Waals surface area contributed by atoms with E-state index in [0.29, 0.717) is 17.8 Å². The van der Waals surface area contributed by atoms with Crippen LogP contribution in [-0.2, 0) is 9.47 Å². The highest BCUT2D eigenvalue weighted by atomic mass is 32.2. The number of para-hydroxylation sites is 1. The molecule has 1 amide bonds. The average Bonchev–Trinajstić information content (AvgIpc) is 3.28. The zero-order valence-corrected chi connectivity index (χ0v) is 17.1. The lowest BCUT2D eigenvalue weighted by atomic mass is 9.92. The molecular formula is C22H27NO4S. The van der Waals surface area contributed by atoms with E-state index in [1.165, 1.54) is 0 Å². The molecule has 4 heterocycles. The number of nitrogens with zero attached hydrogens (tertiary/aromatic N) is 1. The molecule has 0 bridgehead atoms. The van der Waals surface area contributed by atoms with Crippen molar-refractivity contribution in [3.8, 4) is 0 Å². The third kappa shape index (κ3) is 3.36. The van der Waals surface area contributed by atoms with Crippen molar-refractivity contribution in [3.05, 3.63) is 35.6 Å². The summed E-state index contributed by atoms with van der Waals surface area (Å²) in [6, 6.07) is 7.85. The minimum atomic E-state index is 0.0199. The van der Waals surface area contributed by atoms with Crippen LogP contribution in [0.1, 0.15) is 35.4 Å². The summed E-state index contributed by atoms with van der Waals surface area (Å²) in [7, 11) is 0. The fourth-order valence-electron chi connectivity index (χ4n) is 4.63. The lowest BCUT2D eigenvalue weighted by Gasteiger charge is -2.47. The molecule has 5 nitrogen and oxygen atoms in total. The molecule has 1 spiro atoms. The number of carbonyl (C=O) groups excluding carboxylic acids is 1. The van der Waals surface area contributed by atoms with Crippen LogP contribution in [0.3, 0.4) is 0 Å². The van der Waals surface area contributed by atoms with Crippen LogP contribution in [0.25, 0.3) is 11.0 Å². The Morgan fingerprint density at radius 3 is 2.86 bits per heavy atom. The van der Waals surface area contributed by atoms with Crippen LogP contribution in [-0.4, -0.2) is 60.3 Å². The smallest absolute Gasteiger partial charge is 0.289 e. The van der Waals surface area contributed by atoms with E-state index in [1.807, 2.05) is 47.9 Å². The number of furan rings is 1. The second-order valence-electron chi connectivity index (χ2n) is 8.42. The number of ether oxygens (including phenoxy) is 2. The van der Waals surface area contributed by atoms with E-state index in [4.69, 9.17) is 13.9 Å². The molecule has 1 unspecified atom stereocenters. The first kappa shape index (κ1) is 18.5. The van der Waals surface area contributed by atoms with Gasteiger partial charge in [-0.15, -0.1) is 11.8 Å². The molecule has 1 atom stereocenters. The second kappa shape index (κ2) is 7.39. The van der Waals surface area contributed by atoms with Crippen molar-refractivity contribution in [2.75, 3.05) is 38.7 Å². The van der Waals surface area contributed by atoms with Gasteiger partial charge < -0.3 is 18.8 Å². The first-order valence-electron chi connectivity index (χ1n) is 10.2. The minimum Gasteiger partial charge on any atom is -0.451 e. The monoisotopic (exact) mass is 401 g/mol. The van der Waals surface area contributed by atoms with Crippen molar-refractivity contribution >= 4 is 28.6 Å². The Hall–Kier alpha value is -1.50. The van der Waals surface area contributed by atoms with Gasteiger partial charge in [0, 0.05) is 49.6 Å². The highest BCUT2D eigenvalue weighted by Crippen LogP contribution is 2.46. The number of aryl methyl sites for hydroxylation is 1. The number of fused-ring (bicyclic) bond motifs is 1. The highest BCUT2D eigenvalue weighted by molar-refractivity contribution is 8.01. The second-order valence-corrected chi connectivity index (χ2v) is 9.91. The summed E-state index contributed by atoms with van der Waals surface area (Å²) in [5.41, 5.74) is 1.73. The van der Waals surface area contributed by atoms with Crippen LogP contribution in [0.15, 0.2) is 28.7 Å². The summed E-state index contributed by atoms with van der Waals surface area (Å²) in [5, 5.41) is 1.03. The Morgan fingerprint density at radius 2 is 2.07 bits per heavy atom. The summed E-state index contributed by atoms with van der Waals surface area (Å²) < 4.78 is 17.7. The summed E-state index contributed by atoms with van der Waals surface area (Å²) in [6.07, 6.45) is 3.59. The normalized spacial score (nSPS) is 24.8. The molecule has 28 heavy (non-hydrogen) atoms. The Morgan fingerprint density at radius 1 is 1.29 bits per heavy atom. The predicted octanol–water partition coefficient (Wildman–Crippen LogP) is 3.88. The van der Waals surface area contributed by atoms with Gasteiger partial charge in [0.1, 0.15) is 5.58 Å². The molecule has 150 valence electrons. The standard InChI is InChI=1S/C22H27NO4S/c1-15-18-4-2-3-5-19(18)27-20(15)21(24)23-13-22(14-23)10-17(12-28-22)26-11-16-6-8-25-9-7-16/h2-5,16-17H,6-14H2,1H3. The summed E-state index contributed by atoms with van der Waals surface area (Å²) in [6.45, 7) is 6.16. The topological polar surface area (TPSA) is 51.9 Å². The fourth-order valence-corrected chi connectivity index (χ4v) is 6.18. The first-order chi connectivity index (χ1) is 13.6. The number of hydrogen-bond donors (Lipinski definition) is 0. The maximum absolute atomic E-state index is 13.0. The van der Waals surface area contributed by atoms with Crippen molar-refractivity contribution < 1.29 is 18.7 Å². The summed E-state index contributed by atoms with van der Waals surface area (Å²) in [4.78, 5) is 14.9. The van der Waals surface area contributed by atoms with E-state index in [-0.39, 0.29) is 10.7 Å². The van der Waals surface area contributed by atoms with Crippen molar-refractivity contribution in [2.24, 2.45) is 5.92 Å². The number of benzene rings is 1. The largest absolute Gasteiger partial charge is 0.451 e. The maximum Gasteiger partial charge on any atom is 0.289 e. The number of amides is 1. The van der Waals surface area contributed by atoms with Gasteiger partial charge in [0.15, 0.2) is 5.76 Å². The number of rotatable bonds is 4. The average molecular weight is 402 g/mol. The molecule has 1 aromatic carbocycles. The predicted molar refractivity (Wildman–Crippen MR) is 110 cm³/mol. The molecule has 0 saturated carbocycles. The van der Waals surface area contributed by atoms with Crippen molar-refractivity contribution in [1.82, 2.24) is 4.90 Å². The SMILES string of the molecule is Cc1c(C(=O)N2CC3(CC(OCC4CCOCC4)CS3)C2)oc2ccccc12. The van der Waals surface area contributed by atoms with Crippen molar-refractivity contribution in [3.63, 3.8) is 0 Å². The highest BCUT2D eigenvalue weighted by Gasteiger charge is 2.51. The van der Waals surface area contributed by atoms with E-state index in [0.717, 1.165) is 74.5 Å². The van der Waals surface area contributed by atoms with Crippen LogP contribution in [0.2, 0.25) is 0 Å². The molecule has 0 N–H and O–H groups in total. The van der Waals surface area contributed by atoms with Crippen LogP contribution < -0.4 is 0 Å². The maximum atomic E-state index is 13.0. The number of thioether (sulfide) groups is 1. The van der Waals surface area contributed by atoms with Gasteiger partial charge in [0.2, 0.25) is 0 Å². The first-order valence-corrected chi connectivity index (χ1v) is 11.2. The van der Waals surface area contributed by atoms with Crippen LogP contribution in [0.5, 0.6) is 0 Å². The molecule has 0 aliphatic carbocycles. The van der Waals surface area contributed by atoms with Crippen molar-refractivity contribution in [1.29, 1.82) is 0 Å². The molecule has 3 aliphatic rings. The van der Waals surface area contributed by atoms with Crippen molar-refractivity contribution in [2.45, 2.75) is 37.0 Å². The van der Waals surface area contributed by atoms with E-state index < -0.39 is 0 Å². The molecular weight excluding hydrogens is 374 g/mol. The van der Waals surface area contributed by atoms with Crippen LogP contribution in [0, 0.1) is 12.8 Å². The lowest BCUT2D eigenvalue weighted by Crippen LogP contribution is -2.60. The van der Waals surface area contributed by atoms with Gasteiger partial charge in [-0.3, -0.25) is 4.79 Å². The zero-order chi connectivity index (χ0) is 19.1. The fraction of sp³-hybridized carbons (Fsp3) is 0.591. The third-order valence-corrected chi connectivity index (χ3v) is 7.94. The molecule has 0 radical (unpaired) electrons. The quantitative estimate of drug-likeness (QED) is 0.778. The molecule has 1 aromatic heterocycles.